The van der Waals surface area contributed by atoms with Crippen molar-refractivity contribution in [3.8, 4) is 11.4 Å². The highest BCUT2D eigenvalue weighted by molar-refractivity contribution is 6.30. The van der Waals surface area contributed by atoms with Gasteiger partial charge in [0.2, 0.25) is 0 Å². The number of hydrogen-bond acceptors (Lipinski definition) is 6. The summed E-state index contributed by atoms with van der Waals surface area (Å²) >= 11 is 5.99. The summed E-state index contributed by atoms with van der Waals surface area (Å²) in [4.78, 5) is 25.2. The SMILES string of the molecule is O=C(OCCCNc1nc(-c2ccc(Cl)cc2)nc2ccccc12)c1ccncc1. The summed E-state index contributed by atoms with van der Waals surface area (Å²) in [5, 5.41) is 4.94. The Hall–Kier alpha value is -3.51. The van der Waals surface area contributed by atoms with Crippen molar-refractivity contribution in [2.24, 2.45) is 0 Å². The van der Waals surface area contributed by atoms with Crippen molar-refractivity contribution >= 4 is 34.3 Å². The number of carbonyl (C=O) groups is 1. The minimum Gasteiger partial charge on any atom is -0.462 e. The molecule has 4 aromatic rings. The van der Waals surface area contributed by atoms with E-state index in [4.69, 9.17) is 21.3 Å². The number of carbonyl (C=O) groups excluding carboxylic acids is 1. The summed E-state index contributed by atoms with van der Waals surface area (Å²) in [5.41, 5.74) is 2.23. The zero-order chi connectivity index (χ0) is 20.8. The maximum atomic E-state index is 12.0. The van der Waals surface area contributed by atoms with Gasteiger partial charge in [0.1, 0.15) is 5.82 Å². The fourth-order valence-electron chi connectivity index (χ4n) is 2.95. The van der Waals surface area contributed by atoms with Gasteiger partial charge in [-0.2, -0.15) is 0 Å². The van der Waals surface area contributed by atoms with E-state index in [0.717, 1.165) is 22.3 Å². The topological polar surface area (TPSA) is 77.0 Å². The van der Waals surface area contributed by atoms with E-state index in [1.807, 2.05) is 48.5 Å². The second-order valence-corrected chi connectivity index (χ2v) is 7.01. The van der Waals surface area contributed by atoms with Crippen LogP contribution in [0, 0.1) is 0 Å². The normalized spacial score (nSPS) is 10.7. The number of hydrogen-bond donors (Lipinski definition) is 1. The van der Waals surface area contributed by atoms with Gasteiger partial charge in [0, 0.05) is 34.9 Å². The van der Waals surface area contributed by atoms with Gasteiger partial charge in [-0.15, -0.1) is 0 Å². The average molecular weight is 419 g/mol. The number of nitrogens with one attached hydrogen (secondary N) is 1. The van der Waals surface area contributed by atoms with E-state index in [0.29, 0.717) is 36.0 Å². The predicted molar refractivity (Wildman–Crippen MR) is 118 cm³/mol. The number of nitrogens with zero attached hydrogens (tertiary/aromatic N) is 3. The minimum absolute atomic E-state index is 0.307. The number of esters is 1. The van der Waals surface area contributed by atoms with Crippen LogP contribution in [0.5, 0.6) is 0 Å². The lowest BCUT2D eigenvalue weighted by atomic mass is 10.2. The molecule has 1 N–H and O–H groups in total. The van der Waals surface area contributed by atoms with Gasteiger partial charge in [0.05, 0.1) is 17.7 Å². The lowest BCUT2D eigenvalue weighted by Crippen LogP contribution is -2.11. The maximum absolute atomic E-state index is 12.0. The minimum atomic E-state index is -0.352. The summed E-state index contributed by atoms with van der Waals surface area (Å²) in [6.45, 7) is 0.909. The van der Waals surface area contributed by atoms with Crippen LogP contribution >= 0.6 is 11.6 Å². The van der Waals surface area contributed by atoms with E-state index in [1.54, 1.807) is 24.5 Å². The lowest BCUT2D eigenvalue weighted by molar-refractivity contribution is 0.0503. The van der Waals surface area contributed by atoms with Gasteiger partial charge in [-0.3, -0.25) is 4.98 Å². The molecule has 2 aromatic heterocycles. The molecule has 0 spiro atoms. The molecule has 0 saturated carbocycles. The molecular formula is C23H19ClN4O2. The maximum Gasteiger partial charge on any atom is 0.338 e. The summed E-state index contributed by atoms with van der Waals surface area (Å²) in [6.07, 6.45) is 3.78. The molecule has 0 aliphatic rings. The second-order valence-electron chi connectivity index (χ2n) is 6.57. The number of anilines is 1. The second kappa shape index (κ2) is 9.33. The Morgan fingerprint density at radius 3 is 2.53 bits per heavy atom. The third-order valence-electron chi connectivity index (χ3n) is 4.47. The zero-order valence-electron chi connectivity index (χ0n) is 16.1. The van der Waals surface area contributed by atoms with Crippen LogP contribution in [0.3, 0.4) is 0 Å². The van der Waals surface area contributed by atoms with Crippen LogP contribution in [0.25, 0.3) is 22.3 Å². The number of pyridine rings is 1. The quantitative estimate of drug-likeness (QED) is 0.336. The van der Waals surface area contributed by atoms with Crippen molar-refractivity contribution in [1.82, 2.24) is 15.0 Å². The first-order valence-electron chi connectivity index (χ1n) is 9.54. The Morgan fingerprint density at radius 2 is 1.73 bits per heavy atom. The van der Waals surface area contributed by atoms with Crippen molar-refractivity contribution in [2.75, 3.05) is 18.5 Å². The van der Waals surface area contributed by atoms with E-state index < -0.39 is 0 Å². The molecule has 0 unspecified atom stereocenters. The molecule has 2 aromatic carbocycles. The molecular weight excluding hydrogens is 400 g/mol. The van der Waals surface area contributed by atoms with E-state index in [1.165, 1.54) is 0 Å². The van der Waals surface area contributed by atoms with E-state index >= 15 is 0 Å². The van der Waals surface area contributed by atoms with Crippen LogP contribution in [0.2, 0.25) is 5.02 Å². The number of halogens is 1. The molecule has 0 radical (unpaired) electrons. The Morgan fingerprint density at radius 1 is 0.967 bits per heavy atom. The molecule has 150 valence electrons. The molecule has 0 fully saturated rings. The van der Waals surface area contributed by atoms with Gasteiger partial charge >= 0.3 is 5.97 Å². The molecule has 0 bridgehead atoms. The molecule has 7 heteroatoms. The summed E-state index contributed by atoms with van der Waals surface area (Å²) in [7, 11) is 0. The zero-order valence-corrected chi connectivity index (χ0v) is 16.8. The highest BCUT2D eigenvalue weighted by Crippen LogP contribution is 2.25. The van der Waals surface area contributed by atoms with E-state index in [2.05, 4.69) is 15.3 Å². The van der Waals surface area contributed by atoms with Crippen LogP contribution < -0.4 is 5.32 Å². The van der Waals surface area contributed by atoms with Gasteiger partial charge in [-0.1, -0.05) is 23.7 Å². The van der Waals surface area contributed by atoms with Gasteiger partial charge in [-0.25, -0.2) is 14.8 Å². The first-order valence-corrected chi connectivity index (χ1v) is 9.92. The molecule has 2 heterocycles. The van der Waals surface area contributed by atoms with Crippen molar-refractivity contribution < 1.29 is 9.53 Å². The Labute approximate surface area is 178 Å². The van der Waals surface area contributed by atoms with Gasteiger partial charge in [0.15, 0.2) is 5.82 Å². The molecule has 0 saturated heterocycles. The lowest BCUT2D eigenvalue weighted by Gasteiger charge is -2.11. The first-order chi connectivity index (χ1) is 14.7. The third-order valence-corrected chi connectivity index (χ3v) is 4.72. The predicted octanol–water partition coefficient (Wildman–Crippen LogP) is 5.00. The fourth-order valence-corrected chi connectivity index (χ4v) is 3.08. The van der Waals surface area contributed by atoms with E-state index in [-0.39, 0.29) is 5.97 Å². The third kappa shape index (κ3) is 4.72. The smallest absolute Gasteiger partial charge is 0.338 e. The van der Waals surface area contributed by atoms with Gasteiger partial charge in [-0.05, 0) is 55.0 Å². The molecule has 4 rings (SSSR count). The average Bonchev–Trinajstić information content (AvgIpc) is 2.79. The monoisotopic (exact) mass is 418 g/mol. The summed E-state index contributed by atoms with van der Waals surface area (Å²) in [5.74, 6) is 1.01. The number of para-hydroxylation sites is 1. The van der Waals surface area contributed by atoms with Crippen LogP contribution in [-0.2, 0) is 4.74 Å². The van der Waals surface area contributed by atoms with Crippen molar-refractivity contribution in [3.63, 3.8) is 0 Å². The fraction of sp³-hybridized carbons (Fsp3) is 0.130. The largest absolute Gasteiger partial charge is 0.462 e. The molecule has 0 atom stereocenters. The van der Waals surface area contributed by atoms with Crippen molar-refractivity contribution in [2.45, 2.75) is 6.42 Å². The highest BCUT2D eigenvalue weighted by Gasteiger charge is 2.10. The summed E-state index contributed by atoms with van der Waals surface area (Å²) in [6, 6.07) is 18.5. The van der Waals surface area contributed by atoms with Crippen molar-refractivity contribution in [3.05, 3.63) is 83.6 Å². The standard InChI is InChI=1S/C23H19ClN4O2/c24-18-8-6-16(7-9-18)21-27-20-5-2-1-4-19(20)22(28-21)26-12-3-15-30-23(29)17-10-13-25-14-11-17/h1-2,4-11,13-14H,3,12,15H2,(H,26,27,28). The van der Waals surface area contributed by atoms with Gasteiger partial charge < -0.3 is 10.1 Å². The van der Waals surface area contributed by atoms with Crippen LogP contribution in [0.4, 0.5) is 5.82 Å². The first kappa shape index (κ1) is 19.8. The number of ether oxygens (including phenoxy) is 1. The van der Waals surface area contributed by atoms with Crippen LogP contribution in [0.15, 0.2) is 73.1 Å². The Kier molecular flexibility index (Phi) is 6.15. The molecule has 6 nitrogen and oxygen atoms in total. The number of fused-ring (bicyclic) bond motifs is 1. The Bertz CT molecular complexity index is 1150. The molecule has 30 heavy (non-hydrogen) atoms. The number of aromatic nitrogens is 3. The molecule has 0 aliphatic carbocycles. The van der Waals surface area contributed by atoms with Crippen LogP contribution in [-0.4, -0.2) is 34.1 Å². The van der Waals surface area contributed by atoms with Crippen molar-refractivity contribution in [1.29, 1.82) is 0 Å². The molecule has 0 amide bonds. The van der Waals surface area contributed by atoms with E-state index in [9.17, 15) is 4.79 Å². The highest BCUT2D eigenvalue weighted by atomic mass is 35.5. The summed E-state index contributed by atoms with van der Waals surface area (Å²) < 4.78 is 5.31. The van der Waals surface area contributed by atoms with Gasteiger partial charge in [0.25, 0.3) is 0 Å². The number of rotatable bonds is 7. The number of benzene rings is 2. The molecule has 0 aliphatic heterocycles. The van der Waals surface area contributed by atoms with Crippen LogP contribution in [0.1, 0.15) is 16.8 Å². The Balaban J connectivity index is 1.43.